The average Bonchev–Trinajstić information content (AvgIpc) is 2.97. The molecule has 7 heteroatoms. The Labute approximate surface area is 138 Å². The lowest BCUT2D eigenvalue weighted by atomic mass is 10.2. The Balaban J connectivity index is 0.000000595. The smallest absolute Gasteiger partial charge is 0.223 e. The van der Waals surface area contributed by atoms with Crippen LogP contribution in [0.1, 0.15) is 15.2 Å². The maximum atomic E-state index is 10.9. The van der Waals surface area contributed by atoms with Crippen molar-refractivity contribution in [1.82, 2.24) is 9.97 Å². The lowest BCUT2D eigenvalue weighted by Crippen LogP contribution is -2.04. The molecule has 120 valence electrons. The van der Waals surface area contributed by atoms with Crippen LogP contribution in [0, 0.1) is 0 Å². The highest BCUT2D eigenvalue weighted by Gasteiger charge is 2.10. The fraction of sp³-hybridized carbons (Fsp3) is 0.188. The van der Waals surface area contributed by atoms with Crippen LogP contribution >= 0.6 is 11.3 Å². The van der Waals surface area contributed by atoms with Crippen LogP contribution in [0.3, 0.4) is 0 Å². The summed E-state index contributed by atoms with van der Waals surface area (Å²) in [5.74, 6) is 0.855. The Bertz CT molecular complexity index is 774. The van der Waals surface area contributed by atoms with Gasteiger partial charge in [0.1, 0.15) is 10.6 Å². The van der Waals surface area contributed by atoms with Crippen molar-refractivity contribution >= 4 is 39.6 Å². The molecule has 0 bridgehead atoms. The van der Waals surface area contributed by atoms with Crippen molar-refractivity contribution in [3.8, 4) is 0 Å². The normalized spacial score (nSPS) is 10.0. The summed E-state index contributed by atoms with van der Waals surface area (Å²) in [5.41, 5.74) is 6.84. The maximum Gasteiger partial charge on any atom is 0.223 e. The highest BCUT2D eigenvalue weighted by molar-refractivity contribution is 7.20. The molecule has 0 unspecified atom stereocenters. The van der Waals surface area contributed by atoms with Crippen molar-refractivity contribution < 1.29 is 9.53 Å². The molecule has 3 N–H and O–H groups in total. The van der Waals surface area contributed by atoms with Crippen molar-refractivity contribution in [3.63, 3.8) is 0 Å². The van der Waals surface area contributed by atoms with Crippen molar-refractivity contribution in [2.75, 3.05) is 25.3 Å². The summed E-state index contributed by atoms with van der Waals surface area (Å²) in [6, 6.07) is 11.8. The van der Waals surface area contributed by atoms with Gasteiger partial charge in [0.15, 0.2) is 6.29 Å². The van der Waals surface area contributed by atoms with E-state index < -0.39 is 0 Å². The van der Waals surface area contributed by atoms with Crippen molar-refractivity contribution in [3.05, 3.63) is 46.8 Å². The van der Waals surface area contributed by atoms with Gasteiger partial charge in [-0.15, -0.1) is 11.3 Å². The van der Waals surface area contributed by atoms with Gasteiger partial charge >= 0.3 is 0 Å². The zero-order valence-corrected chi connectivity index (χ0v) is 13.8. The van der Waals surface area contributed by atoms with Crippen LogP contribution in [0.2, 0.25) is 0 Å². The van der Waals surface area contributed by atoms with Crippen LogP contribution in [-0.4, -0.2) is 30.5 Å². The first-order chi connectivity index (χ1) is 11.2. The van der Waals surface area contributed by atoms with Crippen molar-refractivity contribution in [2.45, 2.75) is 6.54 Å². The number of methoxy groups -OCH3 is 1. The van der Waals surface area contributed by atoms with Gasteiger partial charge in [0, 0.05) is 20.8 Å². The number of aromatic nitrogens is 2. The highest BCUT2D eigenvalue weighted by Crippen LogP contribution is 2.28. The van der Waals surface area contributed by atoms with Gasteiger partial charge in [0.05, 0.1) is 10.3 Å². The summed E-state index contributed by atoms with van der Waals surface area (Å²) in [7, 11) is 3.25. The standard InChI is InChI=1S/C14H12N4OS.C2H6O/c15-14-17-12(16-7-9-4-2-1-3-5-9)11-6-10(8-19)20-13(11)18-14;1-3-2/h1-6,8H,7H2,(H3,15,16,17,18);1-2H3. The molecular weight excluding hydrogens is 312 g/mol. The number of nitrogens with two attached hydrogens (primary N) is 1. The number of rotatable bonds is 4. The van der Waals surface area contributed by atoms with E-state index in [-0.39, 0.29) is 5.95 Å². The third-order valence-corrected chi connectivity index (χ3v) is 3.80. The second-order valence-electron chi connectivity index (χ2n) is 4.66. The van der Waals surface area contributed by atoms with Gasteiger partial charge in [-0.3, -0.25) is 4.79 Å². The molecule has 0 atom stereocenters. The van der Waals surface area contributed by atoms with E-state index in [9.17, 15) is 4.79 Å². The Kier molecular flexibility index (Phi) is 6.02. The predicted octanol–water partition coefficient (Wildman–Crippen LogP) is 2.96. The van der Waals surface area contributed by atoms with E-state index in [1.807, 2.05) is 30.3 Å². The van der Waals surface area contributed by atoms with Crippen LogP contribution in [0.5, 0.6) is 0 Å². The SMILES string of the molecule is COC.Nc1nc(NCc2ccccc2)c2cc(C=O)sc2n1. The second kappa shape index (κ2) is 8.21. The number of ether oxygens (including phenoxy) is 1. The molecule has 0 saturated heterocycles. The number of nitrogens with zero attached hydrogens (tertiary/aromatic N) is 2. The Hall–Kier alpha value is -2.51. The molecule has 1 aromatic carbocycles. The molecule has 0 aliphatic rings. The van der Waals surface area contributed by atoms with Gasteiger partial charge in [0.2, 0.25) is 5.95 Å². The molecule has 0 spiro atoms. The second-order valence-corrected chi connectivity index (χ2v) is 5.73. The molecule has 3 rings (SSSR count). The Morgan fingerprint density at radius 1 is 1.26 bits per heavy atom. The topological polar surface area (TPSA) is 90.1 Å². The molecule has 0 saturated carbocycles. The molecule has 2 heterocycles. The van der Waals surface area contributed by atoms with Gasteiger partial charge in [-0.05, 0) is 11.6 Å². The van der Waals surface area contributed by atoms with Crippen LogP contribution in [0.4, 0.5) is 11.8 Å². The first-order valence-corrected chi connectivity index (χ1v) is 7.69. The average molecular weight is 330 g/mol. The summed E-state index contributed by atoms with van der Waals surface area (Å²) in [6.07, 6.45) is 0.809. The minimum atomic E-state index is 0.201. The first kappa shape index (κ1) is 16.9. The van der Waals surface area contributed by atoms with Gasteiger partial charge < -0.3 is 15.8 Å². The number of nitrogens with one attached hydrogen (secondary N) is 1. The zero-order chi connectivity index (χ0) is 16.7. The molecule has 23 heavy (non-hydrogen) atoms. The van der Waals surface area contributed by atoms with Gasteiger partial charge in [-0.1, -0.05) is 30.3 Å². The van der Waals surface area contributed by atoms with Crippen molar-refractivity contribution in [2.24, 2.45) is 0 Å². The molecule has 6 nitrogen and oxygen atoms in total. The lowest BCUT2D eigenvalue weighted by Gasteiger charge is -2.07. The number of fused-ring (bicyclic) bond motifs is 1. The van der Waals surface area contributed by atoms with Gasteiger partial charge in [-0.2, -0.15) is 4.98 Å². The number of carbonyl (C=O) groups is 1. The van der Waals surface area contributed by atoms with Crippen LogP contribution < -0.4 is 11.1 Å². The summed E-state index contributed by atoms with van der Waals surface area (Å²) in [5, 5.41) is 4.06. The number of thiophene rings is 1. The van der Waals surface area contributed by atoms with E-state index in [4.69, 9.17) is 5.73 Å². The zero-order valence-electron chi connectivity index (χ0n) is 12.9. The number of hydrogen-bond acceptors (Lipinski definition) is 7. The summed E-state index contributed by atoms with van der Waals surface area (Å²) in [4.78, 5) is 20.6. The highest BCUT2D eigenvalue weighted by atomic mass is 32.1. The fourth-order valence-electron chi connectivity index (χ4n) is 1.93. The number of aldehydes is 1. The number of benzene rings is 1. The third-order valence-electron chi connectivity index (χ3n) is 2.85. The van der Waals surface area contributed by atoms with E-state index in [2.05, 4.69) is 20.0 Å². The van der Waals surface area contributed by atoms with E-state index in [0.717, 1.165) is 22.1 Å². The Morgan fingerprint density at radius 2 is 1.96 bits per heavy atom. The quantitative estimate of drug-likeness (QED) is 0.715. The van der Waals surface area contributed by atoms with Gasteiger partial charge in [-0.25, -0.2) is 4.98 Å². The third kappa shape index (κ3) is 4.48. The van der Waals surface area contributed by atoms with Crippen LogP contribution in [0.15, 0.2) is 36.4 Å². The van der Waals surface area contributed by atoms with Gasteiger partial charge in [0.25, 0.3) is 0 Å². The Morgan fingerprint density at radius 3 is 2.61 bits per heavy atom. The minimum absolute atomic E-state index is 0.201. The molecule has 0 radical (unpaired) electrons. The van der Waals surface area contributed by atoms with E-state index in [1.165, 1.54) is 11.3 Å². The first-order valence-electron chi connectivity index (χ1n) is 6.88. The monoisotopic (exact) mass is 330 g/mol. The summed E-state index contributed by atoms with van der Waals surface area (Å²) >= 11 is 1.31. The molecule has 0 aliphatic carbocycles. The number of anilines is 2. The van der Waals surface area contributed by atoms with E-state index >= 15 is 0 Å². The summed E-state index contributed by atoms with van der Waals surface area (Å²) < 4.78 is 4.25. The number of carbonyl (C=O) groups excluding carboxylic acids is 1. The largest absolute Gasteiger partial charge is 0.388 e. The molecule has 3 aromatic rings. The molecule has 0 amide bonds. The molecule has 0 fully saturated rings. The lowest BCUT2D eigenvalue weighted by molar-refractivity contribution is 0.112. The van der Waals surface area contributed by atoms with Crippen LogP contribution in [-0.2, 0) is 11.3 Å². The molecule has 0 aliphatic heterocycles. The molecule has 2 aromatic heterocycles. The molecular formula is C16H18N4O2S. The number of hydrogen-bond donors (Lipinski definition) is 2. The van der Waals surface area contributed by atoms with E-state index in [1.54, 1.807) is 20.3 Å². The summed E-state index contributed by atoms with van der Waals surface area (Å²) in [6.45, 7) is 0.638. The predicted molar refractivity (Wildman–Crippen MR) is 93.9 cm³/mol. The fourth-order valence-corrected chi connectivity index (χ4v) is 2.78. The minimum Gasteiger partial charge on any atom is -0.388 e. The van der Waals surface area contributed by atoms with Crippen molar-refractivity contribution in [1.29, 1.82) is 0 Å². The number of nitrogen functional groups attached to an aromatic ring is 1. The van der Waals surface area contributed by atoms with E-state index in [0.29, 0.717) is 17.2 Å². The van der Waals surface area contributed by atoms with Crippen LogP contribution in [0.25, 0.3) is 10.2 Å². The maximum absolute atomic E-state index is 10.9.